The van der Waals surface area contributed by atoms with Crippen molar-refractivity contribution in [2.75, 3.05) is 13.7 Å². The number of carbonyl (C=O) groups is 1. The zero-order valence-corrected chi connectivity index (χ0v) is 18.5. The van der Waals surface area contributed by atoms with Crippen molar-refractivity contribution < 1.29 is 24.5 Å². The number of hydrogen-bond acceptors (Lipinski definition) is 5. The molecule has 0 heterocycles. The molecule has 0 radical (unpaired) electrons. The van der Waals surface area contributed by atoms with Crippen molar-refractivity contribution in [3.63, 3.8) is 0 Å². The second-order valence-electron chi connectivity index (χ2n) is 10.4. The fourth-order valence-electron chi connectivity index (χ4n) is 7.42. The van der Waals surface area contributed by atoms with E-state index in [2.05, 4.69) is 34.6 Å². The normalized spacial score (nSPS) is 51.1. The quantitative estimate of drug-likeness (QED) is 0.711. The van der Waals surface area contributed by atoms with Crippen LogP contribution in [0.5, 0.6) is 0 Å². The maximum atomic E-state index is 12.2. The summed E-state index contributed by atoms with van der Waals surface area (Å²) < 4.78 is 11.9. The molecule has 0 saturated heterocycles. The Kier molecular flexibility index (Phi) is 5.95. The number of ether oxygens (including phenoxy) is 2. The highest BCUT2D eigenvalue weighted by Gasteiger charge is 2.68. The number of hydrogen-bond donors (Lipinski definition) is 2. The lowest BCUT2D eigenvalue weighted by atomic mass is 9.43. The number of esters is 1. The van der Waals surface area contributed by atoms with Gasteiger partial charge in [-0.25, -0.2) is 4.79 Å². The molecule has 3 aliphatic carbocycles. The van der Waals surface area contributed by atoms with Crippen molar-refractivity contribution in [2.45, 2.75) is 91.5 Å². The van der Waals surface area contributed by atoms with Gasteiger partial charge in [-0.3, -0.25) is 0 Å². The maximum absolute atomic E-state index is 12.2. The minimum Gasteiger partial charge on any atom is -0.460 e. The van der Waals surface area contributed by atoms with E-state index in [1.165, 1.54) is 0 Å². The summed E-state index contributed by atoms with van der Waals surface area (Å²) in [4.78, 5) is 12.2. The van der Waals surface area contributed by atoms with Crippen LogP contribution in [-0.2, 0) is 14.3 Å². The molecular formula is C23H40O5. The third-order valence-electron chi connectivity index (χ3n) is 9.61. The highest BCUT2D eigenvalue weighted by atomic mass is 16.6. The number of aliphatic hydroxyl groups is 2. The zero-order valence-electron chi connectivity index (χ0n) is 18.5. The van der Waals surface area contributed by atoms with Crippen LogP contribution in [0.15, 0.2) is 0 Å². The second kappa shape index (κ2) is 7.55. The van der Waals surface area contributed by atoms with Crippen LogP contribution >= 0.6 is 0 Å². The molecule has 0 spiro atoms. The van der Waals surface area contributed by atoms with Crippen LogP contribution in [0.25, 0.3) is 0 Å². The molecule has 3 aliphatic rings. The summed E-state index contributed by atoms with van der Waals surface area (Å²) in [6.45, 7) is 10.4. The van der Waals surface area contributed by atoms with Gasteiger partial charge in [-0.05, 0) is 61.2 Å². The van der Waals surface area contributed by atoms with Crippen LogP contribution in [0, 0.1) is 34.0 Å². The molecule has 0 aliphatic heterocycles. The first-order valence-electron chi connectivity index (χ1n) is 11.1. The Morgan fingerprint density at radius 2 is 1.82 bits per heavy atom. The molecule has 5 nitrogen and oxygen atoms in total. The van der Waals surface area contributed by atoms with Crippen molar-refractivity contribution in [3.05, 3.63) is 0 Å². The van der Waals surface area contributed by atoms with Gasteiger partial charge >= 0.3 is 5.97 Å². The minimum atomic E-state index is -0.605. The molecule has 0 aromatic carbocycles. The molecule has 2 bridgehead atoms. The first-order chi connectivity index (χ1) is 13.1. The van der Waals surface area contributed by atoms with E-state index in [1.807, 2.05) is 0 Å². The zero-order chi connectivity index (χ0) is 20.9. The average molecular weight is 397 g/mol. The number of carbonyl (C=O) groups excluding carboxylic acids is 1. The number of methoxy groups -OCH3 is 1. The molecule has 0 aromatic heterocycles. The summed E-state index contributed by atoms with van der Waals surface area (Å²) in [6.07, 6.45) is 4.96. The largest absolute Gasteiger partial charge is 0.460 e. The Balaban J connectivity index is 2.19. The van der Waals surface area contributed by atoms with Gasteiger partial charge < -0.3 is 19.7 Å². The van der Waals surface area contributed by atoms with Gasteiger partial charge in [-0.1, -0.05) is 34.6 Å². The van der Waals surface area contributed by atoms with E-state index in [9.17, 15) is 15.0 Å². The number of rotatable bonds is 4. The molecule has 3 rings (SSSR count). The molecule has 3 saturated carbocycles. The Labute approximate surface area is 170 Å². The SMILES string of the molecule is CC[C@]1(C)C[C@@H](OC(=O)CO)[C@]2(C)[C@H](C)CC[C@]3(CC[C@@H](OC)[C@@H]32)[C@@H](C)[C@@H]1O. The fourth-order valence-corrected chi connectivity index (χ4v) is 7.42. The molecule has 9 atom stereocenters. The highest BCUT2D eigenvalue weighted by Crippen LogP contribution is 2.69. The molecule has 0 amide bonds. The van der Waals surface area contributed by atoms with Crippen molar-refractivity contribution >= 4 is 5.97 Å². The molecule has 162 valence electrons. The summed E-state index contributed by atoms with van der Waals surface area (Å²) in [5, 5.41) is 20.9. The van der Waals surface area contributed by atoms with Gasteiger partial charge in [-0.2, -0.15) is 0 Å². The Hall–Kier alpha value is -0.650. The van der Waals surface area contributed by atoms with Gasteiger partial charge in [0.2, 0.25) is 0 Å². The lowest BCUT2D eigenvalue weighted by Gasteiger charge is -2.63. The Morgan fingerprint density at radius 1 is 1.18 bits per heavy atom. The molecule has 3 fully saturated rings. The topological polar surface area (TPSA) is 76.0 Å². The summed E-state index contributed by atoms with van der Waals surface area (Å²) in [5.41, 5.74) is -0.575. The average Bonchev–Trinajstić information content (AvgIpc) is 3.09. The molecule has 0 unspecified atom stereocenters. The molecule has 0 aromatic rings. The lowest BCUT2D eigenvalue weighted by molar-refractivity contribution is -0.227. The third kappa shape index (κ3) is 2.95. The van der Waals surface area contributed by atoms with Gasteiger partial charge in [0.15, 0.2) is 0 Å². The van der Waals surface area contributed by atoms with E-state index in [1.54, 1.807) is 7.11 Å². The van der Waals surface area contributed by atoms with Gasteiger partial charge in [0, 0.05) is 18.4 Å². The van der Waals surface area contributed by atoms with Crippen molar-refractivity contribution in [3.8, 4) is 0 Å². The predicted octanol–water partition coefficient (Wildman–Crippen LogP) is 3.56. The second-order valence-corrected chi connectivity index (χ2v) is 10.4. The Bertz CT molecular complexity index is 594. The standard InChI is InChI=1S/C23H40O5/c1-7-21(4)12-17(28-18(25)13-24)22(5)14(2)8-10-23(15(3)20(21)26)11-9-16(27-6)19(22)23/h14-17,19-20,24,26H,7-13H2,1-6H3/t14-,15+,16-,17-,19-,20+,21-,22+,23+/m1/s1. The van der Waals surface area contributed by atoms with Crippen LogP contribution < -0.4 is 0 Å². The fraction of sp³-hybridized carbons (Fsp3) is 0.957. The summed E-state index contributed by atoms with van der Waals surface area (Å²) >= 11 is 0. The van der Waals surface area contributed by atoms with Crippen LogP contribution in [-0.4, -0.2) is 48.2 Å². The smallest absolute Gasteiger partial charge is 0.332 e. The summed E-state index contributed by atoms with van der Waals surface area (Å²) in [7, 11) is 1.79. The first-order valence-corrected chi connectivity index (χ1v) is 11.1. The van der Waals surface area contributed by atoms with E-state index in [0.29, 0.717) is 12.3 Å². The summed E-state index contributed by atoms with van der Waals surface area (Å²) in [5.74, 6) is 0.213. The van der Waals surface area contributed by atoms with Gasteiger partial charge in [0.1, 0.15) is 12.7 Å². The van der Waals surface area contributed by atoms with E-state index in [4.69, 9.17) is 9.47 Å². The van der Waals surface area contributed by atoms with E-state index >= 15 is 0 Å². The van der Waals surface area contributed by atoms with Gasteiger partial charge in [0.05, 0.1) is 12.2 Å². The van der Waals surface area contributed by atoms with E-state index in [0.717, 1.165) is 32.1 Å². The maximum Gasteiger partial charge on any atom is 0.332 e. The molecular weight excluding hydrogens is 356 g/mol. The molecule has 28 heavy (non-hydrogen) atoms. The Morgan fingerprint density at radius 3 is 2.39 bits per heavy atom. The van der Waals surface area contributed by atoms with E-state index in [-0.39, 0.29) is 40.3 Å². The van der Waals surface area contributed by atoms with Gasteiger partial charge in [0.25, 0.3) is 0 Å². The van der Waals surface area contributed by atoms with Crippen molar-refractivity contribution in [1.29, 1.82) is 0 Å². The molecule has 5 heteroatoms. The monoisotopic (exact) mass is 396 g/mol. The lowest BCUT2D eigenvalue weighted by Crippen LogP contribution is -2.64. The predicted molar refractivity (Wildman–Crippen MR) is 108 cm³/mol. The minimum absolute atomic E-state index is 0.00206. The highest BCUT2D eigenvalue weighted by molar-refractivity contribution is 5.70. The van der Waals surface area contributed by atoms with Crippen molar-refractivity contribution in [2.24, 2.45) is 34.0 Å². The van der Waals surface area contributed by atoms with Crippen molar-refractivity contribution in [1.82, 2.24) is 0 Å². The molecule has 2 N–H and O–H groups in total. The van der Waals surface area contributed by atoms with Crippen LogP contribution in [0.3, 0.4) is 0 Å². The first kappa shape index (κ1) is 22.0. The number of aliphatic hydroxyl groups excluding tert-OH is 2. The van der Waals surface area contributed by atoms with Gasteiger partial charge in [-0.15, -0.1) is 0 Å². The van der Waals surface area contributed by atoms with Crippen LogP contribution in [0.2, 0.25) is 0 Å². The van der Waals surface area contributed by atoms with Crippen LogP contribution in [0.4, 0.5) is 0 Å². The summed E-state index contributed by atoms with van der Waals surface area (Å²) in [6, 6.07) is 0. The van der Waals surface area contributed by atoms with Crippen LogP contribution in [0.1, 0.15) is 73.1 Å². The van der Waals surface area contributed by atoms with E-state index < -0.39 is 18.7 Å². The third-order valence-corrected chi connectivity index (χ3v) is 9.61.